The topological polar surface area (TPSA) is 55.5 Å². The molecule has 0 aliphatic heterocycles. The Labute approximate surface area is 115 Å². The average molecular weight is 279 g/mol. The van der Waals surface area contributed by atoms with E-state index in [1.807, 2.05) is 0 Å². The molecular formula is C15H15F2NO2. The summed E-state index contributed by atoms with van der Waals surface area (Å²) in [5, 5.41) is 10.4. The monoisotopic (exact) mass is 279 g/mol. The van der Waals surface area contributed by atoms with Crippen LogP contribution >= 0.6 is 0 Å². The molecule has 106 valence electrons. The van der Waals surface area contributed by atoms with Gasteiger partial charge in [0.15, 0.2) is 17.4 Å². The summed E-state index contributed by atoms with van der Waals surface area (Å²) < 4.78 is 32.0. The highest BCUT2D eigenvalue weighted by Crippen LogP contribution is 2.25. The number of benzene rings is 2. The van der Waals surface area contributed by atoms with Crippen molar-refractivity contribution in [1.82, 2.24) is 0 Å². The maximum atomic E-state index is 13.5. The van der Waals surface area contributed by atoms with Gasteiger partial charge in [-0.3, -0.25) is 0 Å². The molecule has 1 atom stereocenters. The van der Waals surface area contributed by atoms with Crippen molar-refractivity contribution in [1.29, 1.82) is 0 Å². The Bertz CT molecular complexity index is 557. The van der Waals surface area contributed by atoms with Crippen molar-refractivity contribution in [2.45, 2.75) is 5.60 Å². The Kier molecular flexibility index (Phi) is 4.32. The molecule has 2 rings (SSSR count). The van der Waals surface area contributed by atoms with Gasteiger partial charge in [0.05, 0.1) is 0 Å². The molecule has 0 aromatic heterocycles. The Balaban J connectivity index is 2.20. The highest BCUT2D eigenvalue weighted by atomic mass is 19.1. The number of nitrogens with two attached hydrogens (primary N) is 1. The largest absolute Gasteiger partial charge is 0.484 e. The maximum Gasteiger partial charge on any atom is 0.190 e. The highest BCUT2D eigenvalue weighted by molar-refractivity contribution is 5.27. The zero-order valence-electron chi connectivity index (χ0n) is 10.7. The molecule has 3 nitrogen and oxygen atoms in total. The summed E-state index contributed by atoms with van der Waals surface area (Å²) >= 11 is 0. The summed E-state index contributed by atoms with van der Waals surface area (Å²) in [7, 11) is 0. The lowest BCUT2D eigenvalue weighted by molar-refractivity contribution is -0.00371. The summed E-state index contributed by atoms with van der Waals surface area (Å²) in [5.41, 5.74) is 4.58. The van der Waals surface area contributed by atoms with Crippen LogP contribution in [0.15, 0.2) is 48.5 Å². The minimum atomic E-state index is -1.50. The summed E-state index contributed by atoms with van der Waals surface area (Å²) in [6.45, 7) is -0.474. The van der Waals surface area contributed by atoms with Gasteiger partial charge in [-0.1, -0.05) is 36.4 Å². The zero-order valence-corrected chi connectivity index (χ0v) is 10.7. The van der Waals surface area contributed by atoms with Crippen LogP contribution in [0.5, 0.6) is 5.75 Å². The quantitative estimate of drug-likeness (QED) is 0.882. The normalized spacial score (nSPS) is 13.8. The lowest BCUT2D eigenvalue weighted by atomic mass is 9.95. The fraction of sp³-hybridized carbons (Fsp3) is 0.200. The number of ether oxygens (including phenoxy) is 1. The van der Waals surface area contributed by atoms with E-state index >= 15 is 0 Å². The molecule has 0 radical (unpaired) electrons. The smallest absolute Gasteiger partial charge is 0.190 e. The molecule has 2 aromatic rings. The molecule has 0 saturated carbocycles. The van der Waals surface area contributed by atoms with Gasteiger partial charge >= 0.3 is 0 Å². The minimum absolute atomic E-state index is 0.132. The van der Waals surface area contributed by atoms with Crippen molar-refractivity contribution in [3.63, 3.8) is 0 Å². The van der Waals surface area contributed by atoms with Gasteiger partial charge in [-0.2, -0.15) is 0 Å². The van der Waals surface area contributed by atoms with Crippen molar-refractivity contribution in [2.75, 3.05) is 13.2 Å². The van der Waals surface area contributed by atoms with Crippen LogP contribution in [0, 0.1) is 11.6 Å². The van der Waals surface area contributed by atoms with Gasteiger partial charge in [-0.15, -0.1) is 0 Å². The summed E-state index contributed by atoms with van der Waals surface area (Å²) in [6.07, 6.45) is 0. The number of halogens is 2. The second kappa shape index (κ2) is 5.98. The predicted molar refractivity (Wildman–Crippen MR) is 71.2 cm³/mol. The summed E-state index contributed by atoms with van der Waals surface area (Å²) in [5.74, 6) is -2.16. The Morgan fingerprint density at radius 1 is 1.00 bits per heavy atom. The molecular weight excluding hydrogens is 264 g/mol. The minimum Gasteiger partial charge on any atom is -0.484 e. The van der Waals surface area contributed by atoms with E-state index in [0.29, 0.717) is 5.56 Å². The van der Waals surface area contributed by atoms with Gasteiger partial charge in [0.1, 0.15) is 12.2 Å². The molecule has 3 N–H and O–H groups in total. The molecule has 0 amide bonds. The second-order valence-electron chi connectivity index (χ2n) is 4.44. The predicted octanol–water partition coefficient (Wildman–Crippen LogP) is 2.19. The zero-order chi connectivity index (χ0) is 14.6. The molecule has 0 spiro atoms. The fourth-order valence-corrected chi connectivity index (χ4v) is 1.82. The van der Waals surface area contributed by atoms with Crippen molar-refractivity contribution in [3.8, 4) is 5.75 Å². The Morgan fingerprint density at radius 3 is 2.15 bits per heavy atom. The second-order valence-corrected chi connectivity index (χ2v) is 4.44. The van der Waals surface area contributed by atoms with Gasteiger partial charge in [-0.25, -0.2) is 8.78 Å². The van der Waals surface area contributed by atoms with Gasteiger partial charge < -0.3 is 15.6 Å². The van der Waals surface area contributed by atoms with Crippen LogP contribution in [-0.2, 0) is 5.60 Å². The number of rotatable bonds is 5. The van der Waals surface area contributed by atoms with Crippen LogP contribution in [0.2, 0.25) is 0 Å². The first-order chi connectivity index (χ1) is 9.57. The van der Waals surface area contributed by atoms with Gasteiger partial charge in [0.2, 0.25) is 0 Å². The van der Waals surface area contributed by atoms with Crippen LogP contribution in [0.3, 0.4) is 0 Å². The van der Waals surface area contributed by atoms with Crippen LogP contribution in [0.1, 0.15) is 5.56 Å². The maximum absolute atomic E-state index is 13.5. The number of hydrogen-bond donors (Lipinski definition) is 2. The number of para-hydroxylation sites is 1. The first-order valence-corrected chi connectivity index (χ1v) is 6.11. The van der Waals surface area contributed by atoms with Gasteiger partial charge in [0.25, 0.3) is 0 Å². The van der Waals surface area contributed by atoms with Crippen LogP contribution < -0.4 is 10.5 Å². The van der Waals surface area contributed by atoms with E-state index in [1.54, 1.807) is 30.3 Å². The average Bonchev–Trinajstić information content (AvgIpc) is 2.47. The third kappa shape index (κ3) is 2.95. The molecule has 2 aromatic carbocycles. The van der Waals surface area contributed by atoms with Crippen LogP contribution in [0.4, 0.5) is 8.78 Å². The highest BCUT2D eigenvalue weighted by Gasteiger charge is 2.29. The van der Waals surface area contributed by atoms with E-state index in [0.717, 1.165) is 12.1 Å². The van der Waals surface area contributed by atoms with Gasteiger partial charge in [-0.05, 0) is 17.7 Å². The molecule has 0 saturated heterocycles. The number of hydrogen-bond acceptors (Lipinski definition) is 3. The molecule has 0 aliphatic carbocycles. The first kappa shape index (κ1) is 14.4. The summed E-state index contributed by atoms with van der Waals surface area (Å²) in [6, 6.07) is 12.0. The lowest BCUT2D eigenvalue weighted by Gasteiger charge is -2.27. The Hall–Kier alpha value is -1.98. The van der Waals surface area contributed by atoms with E-state index < -0.39 is 23.0 Å². The molecule has 0 heterocycles. The third-order valence-electron chi connectivity index (χ3n) is 3.02. The molecule has 20 heavy (non-hydrogen) atoms. The standard InChI is InChI=1S/C15H15F2NO2/c16-12-7-4-8-13(17)14(12)20-10-15(19,9-18)11-5-2-1-3-6-11/h1-8,19H,9-10,18H2. The van der Waals surface area contributed by atoms with E-state index in [4.69, 9.17) is 10.5 Å². The van der Waals surface area contributed by atoms with Crippen molar-refractivity contribution in [2.24, 2.45) is 5.73 Å². The van der Waals surface area contributed by atoms with Crippen LogP contribution in [0.25, 0.3) is 0 Å². The fourth-order valence-electron chi connectivity index (χ4n) is 1.82. The van der Waals surface area contributed by atoms with E-state index in [1.165, 1.54) is 6.07 Å². The first-order valence-electron chi connectivity index (χ1n) is 6.11. The lowest BCUT2D eigenvalue weighted by Crippen LogP contribution is -2.40. The molecule has 5 heteroatoms. The van der Waals surface area contributed by atoms with E-state index in [2.05, 4.69) is 0 Å². The van der Waals surface area contributed by atoms with E-state index in [-0.39, 0.29) is 13.2 Å². The van der Waals surface area contributed by atoms with Crippen LogP contribution in [-0.4, -0.2) is 18.3 Å². The van der Waals surface area contributed by atoms with Crippen molar-refractivity contribution in [3.05, 3.63) is 65.7 Å². The van der Waals surface area contributed by atoms with Crippen molar-refractivity contribution < 1.29 is 18.6 Å². The van der Waals surface area contributed by atoms with Gasteiger partial charge in [0, 0.05) is 6.54 Å². The molecule has 1 unspecified atom stereocenters. The van der Waals surface area contributed by atoms with E-state index in [9.17, 15) is 13.9 Å². The molecule has 0 fully saturated rings. The molecule has 0 bridgehead atoms. The number of aliphatic hydroxyl groups is 1. The summed E-state index contributed by atoms with van der Waals surface area (Å²) in [4.78, 5) is 0. The molecule has 0 aliphatic rings. The Morgan fingerprint density at radius 2 is 1.60 bits per heavy atom. The van der Waals surface area contributed by atoms with Crippen molar-refractivity contribution >= 4 is 0 Å². The SMILES string of the molecule is NCC(O)(COc1c(F)cccc1F)c1ccccc1. The third-order valence-corrected chi connectivity index (χ3v) is 3.02.